The zero-order valence-corrected chi connectivity index (χ0v) is 13.3. The van der Waals surface area contributed by atoms with Crippen molar-refractivity contribution >= 4 is 5.69 Å². The van der Waals surface area contributed by atoms with Crippen LogP contribution in [-0.4, -0.2) is 19.2 Å². The predicted octanol–water partition coefficient (Wildman–Crippen LogP) is 3.79. The molecule has 1 aromatic rings. The molecule has 1 aromatic carbocycles. The lowest BCUT2D eigenvalue weighted by atomic mass is 9.72. The van der Waals surface area contributed by atoms with Crippen LogP contribution >= 0.6 is 0 Å². The van der Waals surface area contributed by atoms with Gasteiger partial charge in [-0.1, -0.05) is 13.8 Å². The molecular formula is C17H27FN2O. The summed E-state index contributed by atoms with van der Waals surface area (Å²) in [5.74, 6) is 1.85. The number of benzene rings is 1. The summed E-state index contributed by atoms with van der Waals surface area (Å²) in [5, 5.41) is 3.37. The maximum atomic E-state index is 14.0. The Labute approximate surface area is 127 Å². The van der Waals surface area contributed by atoms with Crippen LogP contribution in [0.25, 0.3) is 0 Å². The van der Waals surface area contributed by atoms with Crippen molar-refractivity contribution in [2.75, 3.05) is 19.0 Å². The molecule has 0 heterocycles. The number of hydrogen-bond acceptors (Lipinski definition) is 3. The van der Waals surface area contributed by atoms with E-state index in [2.05, 4.69) is 19.2 Å². The van der Waals surface area contributed by atoms with E-state index in [0.717, 1.165) is 31.6 Å². The monoisotopic (exact) mass is 294 g/mol. The highest BCUT2D eigenvalue weighted by Crippen LogP contribution is 2.38. The third kappa shape index (κ3) is 3.67. The number of rotatable bonds is 5. The molecule has 3 nitrogen and oxygen atoms in total. The van der Waals surface area contributed by atoms with E-state index in [-0.39, 0.29) is 11.4 Å². The van der Waals surface area contributed by atoms with Gasteiger partial charge in [-0.25, -0.2) is 4.39 Å². The summed E-state index contributed by atoms with van der Waals surface area (Å²) in [6.07, 6.45) is 4.27. The zero-order chi connectivity index (χ0) is 15.5. The summed E-state index contributed by atoms with van der Waals surface area (Å²) in [4.78, 5) is 0. The number of nitrogens with one attached hydrogen (secondary N) is 1. The average Bonchev–Trinajstić information content (AvgIpc) is 2.50. The summed E-state index contributed by atoms with van der Waals surface area (Å²) in [5.41, 5.74) is 6.30. The molecule has 0 amide bonds. The molecule has 0 atom stereocenters. The van der Waals surface area contributed by atoms with Crippen LogP contribution in [0.15, 0.2) is 18.2 Å². The summed E-state index contributed by atoms with van der Waals surface area (Å²) in [7, 11) is 1.59. The molecule has 2 rings (SSSR count). The second-order valence-corrected chi connectivity index (χ2v) is 6.54. The van der Waals surface area contributed by atoms with Crippen molar-refractivity contribution in [3.05, 3.63) is 24.0 Å². The van der Waals surface area contributed by atoms with E-state index in [1.54, 1.807) is 19.2 Å². The number of nitrogens with two attached hydrogens (primary N) is 1. The normalized spacial score (nSPS) is 25.9. The number of hydrogen-bond donors (Lipinski definition) is 2. The van der Waals surface area contributed by atoms with Gasteiger partial charge >= 0.3 is 0 Å². The Hall–Kier alpha value is -1.29. The number of ether oxygens (including phenoxy) is 1. The molecule has 0 bridgehead atoms. The minimum Gasteiger partial charge on any atom is -0.497 e. The van der Waals surface area contributed by atoms with Crippen LogP contribution in [0.5, 0.6) is 5.75 Å². The second kappa shape index (κ2) is 6.65. The van der Waals surface area contributed by atoms with Crippen LogP contribution < -0.4 is 15.8 Å². The molecule has 0 unspecified atom stereocenters. The molecular weight excluding hydrogens is 267 g/mol. The van der Waals surface area contributed by atoms with E-state index in [1.807, 2.05) is 0 Å². The van der Waals surface area contributed by atoms with Crippen LogP contribution in [-0.2, 0) is 0 Å². The molecule has 1 saturated carbocycles. The van der Waals surface area contributed by atoms with E-state index in [1.165, 1.54) is 6.07 Å². The minimum absolute atomic E-state index is 0.196. The fraction of sp³-hybridized carbons (Fsp3) is 0.647. The van der Waals surface area contributed by atoms with Gasteiger partial charge in [0, 0.05) is 18.2 Å². The first-order chi connectivity index (χ1) is 9.99. The lowest BCUT2D eigenvalue weighted by Gasteiger charge is -2.42. The van der Waals surface area contributed by atoms with E-state index in [4.69, 9.17) is 10.5 Å². The van der Waals surface area contributed by atoms with Crippen LogP contribution in [0, 0.1) is 17.7 Å². The Morgan fingerprint density at radius 1 is 1.38 bits per heavy atom. The topological polar surface area (TPSA) is 47.3 Å². The smallest absolute Gasteiger partial charge is 0.146 e. The van der Waals surface area contributed by atoms with Crippen LogP contribution in [0.2, 0.25) is 0 Å². The number of anilines is 1. The lowest BCUT2D eigenvalue weighted by Crippen LogP contribution is -2.48. The highest BCUT2D eigenvalue weighted by molar-refractivity contribution is 5.51. The van der Waals surface area contributed by atoms with E-state index in [0.29, 0.717) is 23.9 Å². The molecule has 1 aliphatic rings. The Balaban J connectivity index is 2.13. The maximum Gasteiger partial charge on any atom is 0.146 e. The van der Waals surface area contributed by atoms with Crippen molar-refractivity contribution in [2.24, 2.45) is 17.6 Å². The molecule has 0 spiro atoms. The second-order valence-electron chi connectivity index (χ2n) is 6.54. The molecule has 4 heteroatoms. The van der Waals surface area contributed by atoms with Crippen molar-refractivity contribution in [2.45, 2.75) is 45.1 Å². The molecule has 1 fully saturated rings. The summed E-state index contributed by atoms with van der Waals surface area (Å²) >= 11 is 0. The summed E-state index contributed by atoms with van der Waals surface area (Å²) in [6, 6.07) is 4.78. The first-order valence-corrected chi connectivity index (χ1v) is 7.81. The quantitative estimate of drug-likeness (QED) is 0.868. The summed E-state index contributed by atoms with van der Waals surface area (Å²) < 4.78 is 19.2. The van der Waals surface area contributed by atoms with Gasteiger partial charge in [0.2, 0.25) is 0 Å². The van der Waals surface area contributed by atoms with Gasteiger partial charge in [-0.2, -0.15) is 0 Å². The minimum atomic E-state index is -0.255. The van der Waals surface area contributed by atoms with Crippen molar-refractivity contribution in [3.8, 4) is 5.75 Å². The fourth-order valence-electron chi connectivity index (χ4n) is 3.25. The Morgan fingerprint density at radius 3 is 2.57 bits per heavy atom. The molecule has 3 N–H and O–H groups in total. The van der Waals surface area contributed by atoms with Crippen molar-refractivity contribution < 1.29 is 9.13 Å². The van der Waals surface area contributed by atoms with Crippen molar-refractivity contribution in [1.82, 2.24) is 0 Å². The van der Waals surface area contributed by atoms with Crippen LogP contribution in [0.3, 0.4) is 0 Å². The van der Waals surface area contributed by atoms with E-state index in [9.17, 15) is 4.39 Å². The first kappa shape index (κ1) is 16.1. The van der Waals surface area contributed by atoms with Gasteiger partial charge in [0.25, 0.3) is 0 Å². The van der Waals surface area contributed by atoms with Crippen molar-refractivity contribution in [3.63, 3.8) is 0 Å². The van der Waals surface area contributed by atoms with Gasteiger partial charge < -0.3 is 15.8 Å². The lowest BCUT2D eigenvalue weighted by molar-refractivity contribution is 0.213. The van der Waals surface area contributed by atoms with Gasteiger partial charge in [0.1, 0.15) is 11.6 Å². The largest absolute Gasteiger partial charge is 0.497 e. The number of methoxy groups -OCH3 is 1. The van der Waals surface area contributed by atoms with Crippen molar-refractivity contribution in [1.29, 1.82) is 0 Å². The Morgan fingerprint density at radius 2 is 2.05 bits per heavy atom. The fourth-order valence-corrected chi connectivity index (χ4v) is 3.25. The number of halogens is 1. The molecule has 0 saturated heterocycles. The molecule has 0 aliphatic heterocycles. The van der Waals surface area contributed by atoms with Gasteiger partial charge in [0.05, 0.1) is 12.8 Å². The van der Waals surface area contributed by atoms with Crippen LogP contribution in [0.4, 0.5) is 10.1 Å². The SMILES string of the molecule is COc1ccc(F)c(NC2(CN)CCC(C(C)C)CC2)c1. The first-order valence-electron chi connectivity index (χ1n) is 7.81. The molecule has 21 heavy (non-hydrogen) atoms. The van der Waals surface area contributed by atoms with E-state index < -0.39 is 0 Å². The third-order valence-electron chi connectivity index (χ3n) is 4.89. The van der Waals surface area contributed by atoms with E-state index >= 15 is 0 Å². The zero-order valence-electron chi connectivity index (χ0n) is 13.3. The predicted molar refractivity (Wildman–Crippen MR) is 85.2 cm³/mol. The molecule has 0 aromatic heterocycles. The highest BCUT2D eigenvalue weighted by Gasteiger charge is 2.35. The Bertz CT molecular complexity index is 468. The van der Waals surface area contributed by atoms with Gasteiger partial charge in [-0.05, 0) is 49.7 Å². The average molecular weight is 294 g/mol. The Kier molecular flexibility index (Phi) is 5.09. The highest BCUT2D eigenvalue weighted by atomic mass is 19.1. The summed E-state index contributed by atoms with van der Waals surface area (Å²) in [6.45, 7) is 5.07. The maximum absolute atomic E-state index is 14.0. The van der Waals surface area contributed by atoms with Gasteiger partial charge in [0.15, 0.2) is 0 Å². The third-order valence-corrected chi connectivity index (χ3v) is 4.89. The van der Waals surface area contributed by atoms with Gasteiger partial charge in [-0.15, -0.1) is 0 Å². The molecule has 1 aliphatic carbocycles. The molecule has 0 radical (unpaired) electrons. The van der Waals surface area contributed by atoms with Gasteiger partial charge in [-0.3, -0.25) is 0 Å². The standard InChI is InChI=1S/C17H27FN2O/c1-12(2)13-6-8-17(11-19,9-7-13)20-16-10-14(21-3)4-5-15(16)18/h4-5,10,12-13,20H,6-9,11,19H2,1-3H3. The molecule has 118 valence electrons. The van der Waals surface area contributed by atoms with Crippen LogP contribution in [0.1, 0.15) is 39.5 Å².